The van der Waals surface area contributed by atoms with Crippen LogP contribution in [0.25, 0.3) is 0 Å². The highest BCUT2D eigenvalue weighted by atomic mass is 16.3. The Balaban J connectivity index is 1.96. The van der Waals surface area contributed by atoms with Gasteiger partial charge in [0.1, 0.15) is 11.5 Å². The maximum absolute atomic E-state index is 9.51. The molecule has 3 N–H and O–H groups in total. The van der Waals surface area contributed by atoms with Gasteiger partial charge >= 0.3 is 0 Å². The lowest BCUT2D eigenvalue weighted by molar-refractivity contribution is 0.445. The minimum absolute atomic E-state index is 0.0687. The lowest BCUT2D eigenvalue weighted by Crippen LogP contribution is -2.23. The van der Waals surface area contributed by atoms with Crippen LogP contribution in [-0.4, -0.2) is 16.8 Å². The highest BCUT2D eigenvalue weighted by Gasteiger charge is 2.10. The number of phenols is 2. The number of phenolic OH excluding ortho intramolecular Hbond substituents is 2. The zero-order valence-corrected chi connectivity index (χ0v) is 11.9. The lowest BCUT2D eigenvalue weighted by atomic mass is 10.0. The van der Waals surface area contributed by atoms with E-state index in [1.807, 2.05) is 25.1 Å². The molecular formula is C17H21NO2. The van der Waals surface area contributed by atoms with Crippen molar-refractivity contribution >= 4 is 0 Å². The molecule has 0 aliphatic heterocycles. The van der Waals surface area contributed by atoms with Crippen molar-refractivity contribution in [2.45, 2.75) is 25.8 Å². The Hall–Kier alpha value is -2.00. The second-order valence-corrected chi connectivity index (χ2v) is 5.22. The molecule has 0 radical (unpaired) electrons. The number of hydrogen-bond acceptors (Lipinski definition) is 3. The Bertz CT molecular complexity index is 534. The number of rotatable bonds is 5. The minimum Gasteiger partial charge on any atom is -0.508 e. The maximum atomic E-state index is 9.51. The van der Waals surface area contributed by atoms with Crippen LogP contribution in [0.5, 0.6) is 11.5 Å². The SMILES string of the molecule is CC(CNC(C)c1cc(O)cc(O)c1)c1ccccc1. The van der Waals surface area contributed by atoms with Gasteiger partial charge in [0.25, 0.3) is 0 Å². The highest BCUT2D eigenvalue weighted by molar-refractivity contribution is 5.38. The largest absolute Gasteiger partial charge is 0.508 e. The van der Waals surface area contributed by atoms with Gasteiger partial charge in [-0.05, 0) is 36.1 Å². The summed E-state index contributed by atoms with van der Waals surface area (Å²) in [5.74, 6) is 0.582. The topological polar surface area (TPSA) is 52.5 Å². The monoisotopic (exact) mass is 271 g/mol. The molecule has 0 aliphatic rings. The van der Waals surface area contributed by atoms with E-state index >= 15 is 0 Å². The summed E-state index contributed by atoms with van der Waals surface area (Å²) >= 11 is 0. The molecule has 2 aromatic carbocycles. The van der Waals surface area contributed by atoms with Crippen molar-refractivity contribution in [1.29, 1.82) is 0 Å². The second-order valence-electron chi connectivity index (χ2n) is 5.22. The van der Waals surface area contributed by atoms with E-state index in [2.05, 4.69) is 24.4 Å². The molecule has 0 saturated heterocycles. The Morgan fingerprint density at radius 1 is 0.900 bits per heavy atom. The highest BCUT2D eigenvalue weighted by Crippen LogP contribution is 2.25. The van der Waals surface area contributed by atoms with Crippen molar-refractivity contribution in [2.24, 2.45) is 0 Å². The van der Waals surface area contributed by atoms with Crippen LogP contribution in [0, 0.1) is 0 Å². The Kier molecular flexibility index (Phi) is 4.64. The quantitative estimate of drug-likeness (QED) is 0.779. The molecule has 2 aromatic rings. The van der Waals surface area contributed by atoms with Crippen LogP contribution in [0.1, 0.15) is 36.9 Å². The Labute approximate surface area is 119 Å². The average molecular weight is 271 g/mol. The van der Waals surface area contributed by atoms with E-state index in [-0.39, 0.29) is 17.5 Å². The van der Waals surface area contributed by atoms with E-state index < -0.39 is 0 Å². The molecule has 106 valence electrons. The van der Waals surface area contributed by atoms with Gasteiger partial charge in [-0.1, -0.05) is 37.3 Å². The fourth-order valence-electron chi connectivity index (χ4n) is 2.24. The van der Waals surface area contributed by atoms with Gasteiger partial charge in [0, 0.05) is 18.7 Å². The molecule has 2 atom stereocenters. The van der Waals surface area contributed by atoms with Crippen LogP contribution in [0.15, 0.2) is 48.5 Å². The van der Waals surface area contributed by atoms with Crippen molar-refractivity contribution in [3.05, 3.63) is 59.7 Å². The van der Waals surface area contributed by atoms with Gasteiger partial charge < -0.3 is 15.5 Å². The average Bonchev–Trinajstić information content (AvgIpc) is 2.44. The number of benzene rings is 2. The molecule has 0 aliphatic carbocycles. The first-order valence-corrected chi connectivity index (χ1v) is 6.87. The van der Waals surface area contributed by atoms with Crippen LogP contribution in [0.3, 0.4) is 0 Å². The van der Waals surface area contributed by atoms with Crippen molar-refractivity contribution in [1.82, 2.24) is 5.32 Å². The van der Waals surface area contributed by atoms with E-state index in [9.17, 15) is 10.2 Å². The van der Waals surface area contributed by atoms with Crippen molar-refractivity contribution < 1.29 is 10.2 Å². The molecule has 0 amide bonds. The van der Waals surface area contributed by atoms with Gasteiger partial charge in [-0.25, -0.2) is 0 Å². The van der Waals surface area contributed by atoms with Gasteiger partial charge in [0.15, 0.2) is 0 Å². The molecule has 0 bridgehead atoms. The van der Waals surface area contributed by atoms with E-state index in [1.54, 1.807) is 12.1 Å². The van der Waals surface area contributed by atoms with Gasteiger partial charge in [-0.2, -0.15) is 0 Å². The second kappa shape index (κ2) is 6.44. The summed E-state index contributed by atoms with van der Waals surface area (Å²) in [6, 6.07) is 15.1. The Morgan fingerprint density at radius 3 is 2.10 bits per heavy atom. The first-order chi connectivity index (χ1) is 9.56. The summed E-state index contributed by atoms with van der Waals surface area (Å²) in [6.07, 6.45) is 0. The van der Waals surface area contributed by atoms with Crippen LogP contribution in [0.2, 0.25) is 0 Å². The summed E-state index contributed by atoms with van der Waals surface area (Å²) in [4.78, 5) is 0. The molecule has 0 spiro atoms. The zero-order chi connectivity index (χ0) is 14.5. The predicted molar refractivity (Wildman–Crippen MR) is 81.0 cm³/mol. The van der Waals surface area contributed by atoms with Crippen LogP contribution in [0.4, 0.5) is 0 Å². The molecule has 0 heterocycles. The van der Waals surface area contributed by atoms with Crippen molar-refractivity contribution in [2.75, 3.05) is 6.54 Å². The van der Waals surface area contributed by atoms with Gasteiger partial charge in [0.2, 0.25) is 0 Å². The summed E-state index contributed by atoms with van der Waals surface area (Å²) < 4.78 is 0. The van der Waals surface area contributed by atoms with Crippen molar-refractivity contribution in [3.8, 4) is 11.5 Å². The summed E-state index contributed by atoms with van der Waals surface area (Å²) in [5, 5.41) is 22.5. The van der Waals surface area contributed by atoms with Crippen molar-refractivity contribution in [3.63, 3.8) is 0 Å². The number of aromatic hydroxyl groups is 2. The summed E-state index contributed by atoms with van der Waals surface area (Å²) in [5.41, 5.74) is 2.17. The van der Waals surface area contributed by atoms with E-state index in [4.69, 9.17) is 0 Å². The molecule has 2 unspecified atom stereocenters. The zero-order valence-electron chi connectivity index (χ0n) is 11.9. The third-order valence-corrected chi connectivity index (χ3v) is 3.52. The van der Waals surface area contributed by atoms with Gasteiger partial charge in [0.05, 0.1) is 0 Å². The summed E-state index contributed by atoms with van der Waals surface area (Å²) in [6.45, 7) is 5.03. The standard InChI is InChI=1S/C17H21NO2/c1-12(14-6-4-3-5-7-14)11-18-13(2)15-8-16(19)10-17(20)9-15/h3-10,12-13,18-20H,11H2,1-2H3. The van der Waals surface area contributed by atoms with E-state index in [0.717, 1.165) is 12.1 Å². The maximum Gasteiger partial charge on any atom is 0.119 e. The number of hydrogen-bond donors (Lipinski definition) is 3. The smallest absolute Gasteiger partial charge is 0.119 e. The predicted octanol–water partition coefficient (Wildman–Crippen LogP) is 3.55. The molecule has 20 heavy (non-hydrogen) atoms. The van der Waals surface area contributed by atoms with Crippen LogP contribution < -0.4 is 5.32 Å². The molecule has 3 heteroatoms. The molecule has 0 fully saturated rings. The molecule has 3 nitrogen and oxygen atoms in total. The third kappa shape index (κ3) is 3.75. The molecule has 0 saturated carbocycles. The van der Waals surface area contributed by atoms with E-state index in [0.29, 0.717) is 5.92 Å². The number of nitrogens with one attached hydrogen (secondary N) is 1. The van der Waals surface area contributed by atoms with Gasteiger partial charge in [-0.15, -0.1) is 0 Å². The summed E-state index contributed by atoms with van der Waals surface area (Å²) in [7, 11) is 0. The molecular weight excluding hydrogens is 250 g/mol. The van der Waals surface area contributed by atoms with Crippen LogP contribution in [-0.2, 0) is 0 Å². The van der Waals surface area contributed by atoms with Crippen LogP contribution >= 0.6 is 0 Å². The third-order valence-electron chi connectivity index (χ3n) is 3.52. The lowest BCUT2D eigenvalue weighted by Gasteiger charge is -2.19. The first kappa shape index (κ1) is 14.4. The minimum atomic E-state index is 0.0687. The van der Waals surface area contributed by atoms with Gasteiger partial charge in [-0.3, -0.25) is 0 Å². The fraction of sp³-hybridized carbons (Fsp3) is 0.294. The first-order valence-electron chi connectivity index (χ1n) is 6.87. The molecule has 0 aromatic heterocycles. The molecule has 2 rings (SSSR count). The van der Waals surface area contributed by atoms with E-state index in [1.165, 1.54) is 11.6 Å². The normalized spacial score (nSPS) is 13.9. The Morgan fingerprint density at radius 2 is 1.50 bits per heavy atom. The fourth-order valence-corrected chi connectivity index (χ4v) is 2.24.